The fourth-order valence-electron chi connectivity index (χ4n) is 11.0. The van der Waals surface area contributed by atoms with Crippen molar-refractivity contribution in [1.82, 2.24) is 9.13 Å². The van der Waals surface area contributed by atoms with Gasteiger partial charge in [-0.25, -0.2) is 0 Å². The van der Waals surface area contributed by atoms with Crippen LogP contribution in [0.15, 0.2) is 206 Å². The van der Waals surface area contributed by atoms with Crippen LogP contribution in [-0.2, 0) is 37.1 Å². The average molecular weight is 1200 g/mol. The van der Waals surface area contributed by atoms with Gasteiger partial charge in [0, 0.05) is 21.5 Å². The summed E-state index contributed by atoms with van der Waals surface area (Å²) < 4.78 is 261. The lowest BCUT2D eigenvalue weighted by Crippen LogP contribution is -2.12. The van der Waals surface area contributed by atoms with Crippen molar-refractivity contribution in [3.63, 3.8) is 0 Å². The van der Waals surface area contributed by atoms with Gasteiger partial charge < -0.3 is 9.13 Å². The van der Waals surface area contributed by atoms with Gasteiger partial charge in [-0.15, -0.1) is 0 Å². The summed E-state index contributed by atoms with van der Waals surface area (Å²) in [7, 11) is 0. The average Bonchev–Trinajstić information content (AvgIpc) is 1.59. The number of benzene rings is 10. The molecule has 0 radical (unpaired) electrons. The van der Waals surface area contributed by atoms with Gasteiger partial charge in [0.2, 0.25) is 0 Å². The number of nitrogens with zero attached hydrogens (tertiary/aromatic N) is 2. The van der Waals surface area contributed by atoms with Gasteiger partial charge in [-0.3, -0.25) is 0 Å². The predicted molar refractivity (Wildman–Crippen MR) is 292 cm³/mol. The first-order valence-corrected chi connectivity index (χ1v) is 25.7. The normalized spacial score (nSPS) is 13.0. The van der Waals surface area contributed by atoms with Crippen molar-refractivity contribution < 1.29 is 79.0 Å². The molecule has 0 aliphatic heterocycles. The molecule has 0 saturated carbocycles. The standard InChI is InChI=1S/C66H34F18N2/c67-61(68,69)45-15-1-35(2-16-45)39-9-23-49-50-24-10-40(36-3-17-46(18-4-36)62(70,71)72)30-56(50)85(55(49)29-39)59-33-43(13-27-53(59)65(79,80)81)44-14-28-54(66(82,83)84)60(34-44)86-57-31-41(37-5-19-47(20-6-37)63(73,74)75)11-25-51(57)52-26-12-42(32-58(52)86)38-7-21-48(22-8-38)64(76,77)78/h1-34H. The summed E-state index contributed by atoms with van der Waals surface area (Å²) in [5.74, 6) is 0. The van der Waals surface area contributed by atoms with E-state index in [1.54, 1.807) is 0 Å². The van der Waals surface area contributed by atoms with Gasteiger partial charge >= 0.3 is 37.1 Å². The molecule has 0 N–H and O–H groups in total. The van der Waals surface area contributed by atoms with Crippen LogP contribution in [-0.4, -0.2) is 9.13 Å². The minimum atomic E-state index is -5.16. The Hall–Kier alpha value is -9.46. The lowest BCUT2D eigenvalue weighted by molar-refractivity contribution is -0.138. The Morgan fingerprint density at radius 2 is 0.372 bits per heavy atom. The SMILES string of the molecule is FC(F)(F)c1ccc(-c2ccc3c4ccc(-c5ccc(C(F)(F)F)cc5)cc4n(-c4cc(-c5ccc(C(F)(F)F)c(-n6c7cc(-c8ccc(C(F)(F)F)cc8)ccc7c7ccc(-c8ccc(C(F)(F)F)cc8)cc76)c5)ccc4C(F)(F)F)c3c2)cc1. The van der Waals surface area contributed by atoms with E-state index in [4.69, 9.17) is 0 Å². The van der Waals surface area contributed by atoms with Gasteiger partial charge in [-0.05, 0) is 153 Å². The molecular weight excluding hydrogens is 1160 g/mol. The molecule has 2 nitrogen and oxygen atoms in total. The van der Waals surface area contributed by atoms with Crippen molar-refractivity contribution >= 4 is 43.6 Å². The quantitative estimate of drug-likeness (QED) is 0.141. The van der Waals surface area contributed by atoms with Crippen molar-refractivity contribution in [2.75, 3.05) is 0 Å². The topological polar surface area (TPSA) is 9.86 Å². The molecule has 2 aromatic heterocycles. The van der Waals surface area contributed by atoms with Crippen molar-refractivity contribution in [1.29, 1.82) is 0 Å². The maximum Gasteiger partial charge on any atom is 0.418 e. The predicted octanol–water partition coefficient (Wildman–Crippen LogP) is 22.3. The number of alkyl halides is 18. The minimum Gasteiger partial charge on any atom is -0.309 e. The first-order valence-electron chi connectivity index (χ1n) is 25.7. The van der Waals surface area contributed by atoms with Crippen LogP contribution in [0.2, 0.25) is 0 Å². The minimum absolute atomic E-state index is 0.0655. The van der Waals surface area contributed by atoms with E-state index in [2.05, 4.69) is 0 Å². The third-order valence-corrected chi connectivity index (χ3v) is 15.1. The van der Waals surface area contributed by atoms with E-state index in [-0.39, 0.29) is 77.7 Å². The molecule has 434 valence electrons. The summed E-state index contributed by atoms with van der Waals surface area (Å²) in [6.07, 6.45) is -29.1. The summed E-state index contributed by atoms with van der Waals surface area (Å²) in [6, 6.07) is 39.7. The lowest BCUT2D eigenvalue weighted by atomic mass is 9.98. The summed E-state index contributed by atoms with van der Waals surface area (Å²) in [4.78, 5) is 0. The Labute approximate surface area is 474 Å². The van der Waals surface area contributed by atoms with E-state index in [0.29, 0.717) is 33.7 Å². The molecule has 0 aliphatic carbocycles. The number of hydrogen-bond donors (Lipinski definition) is 0. The Balaban J connectivity index is 1.10. The van der Waals surface area contributed by atoms with E-state index < -0.39 is 81.8 Å². The first-order chi connectivity index (χ1) is 40.4. The molecule has 10 aromatic carbocycles. The van der Waals surface area contributed by atoms with E-state index in [1.807, 2.05) is 0 Å². The molecule has 0 bridgehead atoms. The molecule has 0 atom stereocenters. The number of fused-ring (bicyclic) bond motifs is 6. The van der Waals surface area contributed by atoms with E-state index in [1.165, 1.54) is 130 Å². The van der Waals surface area contributed by atoms with E-state index in [0.717, 1.165) is 72.8 Å². The van der Waals surface area contributed by atoms with Gasteiger partial charge in [0.1, 0.15) is 0 Å². The maximum absolute atomic E-state index is 15.7. The Morgan fingerprint density at radius 1 is 0.186 bits per heavy atom. The molecule has 86 heavy (non-hydrogen) atoms. The van der Waals surface area contributed by atoms with Crippen molar-refractivity contribution in [3.05, 3.63) is 240 Å². The Bertz CT molecular complexity index is 4080. The fourth-order valence-corrected chi connectivity index (χ4v) is 11.0. The molecule has 0 unspecified atom stereocenters. The zero-order valence-corrected chi connectivity index (χ0v) is 43.3. The third kappa shape index (κ3) is 10.4. The number of hydrogen-bond acceptors (Lipinski definition) is 0. The second-order valence-electron chi connectivity index (χ2n) is 20.4. The summed E-state index contributed by atoms with van der Waals surface area (Å²) in [6.45, 7) is 0. The number of aromatic nitrogens is 2. The van der Waals surface area contributed by atoms with Gasteiger partial charge in [-0.2, -0.15) is 79.0 Å². The molecule has 0 saturated heterocycles. The van der Waals surface area contributed by atoms with E-state index in [9.17, 15) is 52.7 Å². The second kappa shape index (κ2) is 20.1. The maximum atomic E-state index is 15.7. The Morgan fingerprint density at radius 3 is 0.570 bits per heavy atom. The molecule has 2 heterocycles. The molecule has 0 aliphatic rings. The molecule has 0 fully saturated rings. The van der Waals surface area contributed by atoms with Crippen molar-refractivity contribution in [2.45, 2.75) is 37.1 Å². The van der Waals surface area contributed by atoms with Crippen molar-refractivity contribution in [3.8, 4) is 67.0 Å². The largest absolute Gasteiger partial charge is 0.418 e. The van der Waals surface area contributed by atoms with Crippen LogP contribution in [0.1, 0.15) is 33.4 Å². The van der Waals surface area contributed by atoms with Crippen LogP contribution in [0, 0.1) is 0 Å². The van der Waals surface area contributed by atoms with E-state index >= 15 is 26.3 Å². The molecular formula is C66H34F18N2. The summed E-state index contributed by atoms with van der Waals surface area (Å²) in [5.41, 5.74) is -5.61. The highest BCUT2D eigenvalue weighted by atomic mass is 19.4. The van der Waals surface area contributed by atoms with Crippen LogP contribution in [0.4, 0.5) is 79.0 Å². The van der Waals surface area contributed by atoms with Crippen LogP contribution < -0.4 is 0 Å². The van der Waals surface area contributed by atoms with Crippen LogP contribution in [0.25, 0.3) is 111 Å². The zero-order valence-electron chi connectivity index (χ0n) is 43.3. The summed E-state index contributed by atoms with van der Waals surface area (Å²) >= 11 is 0. The highest BCUT2D eigenvalue weighted by Gasteiger charge is 2.38. The van der Waals surface area contributed by atoms with Gasteiger partial charge in [0.15, 0.2) is 0 Å². The van der Waals surface area contributed by atoms with Gasteiger partial charge in [-0.1, -0.05) is 109 Å². The zero-order chi connectivity index (χ0) is 61.2. The monoisotopic (exact) mass is 1200 g/mol. The first kappa shape index (κ1) is 57.0. The molecule has 0 spiro atoms. The highest BCUT2D eigenvalue weighted by Crippen LogP contribution is 2.47. The molecule has 12 rings (SSSR count). The summed E-state index contributed by atoms with van der Waals surface area (Å²) in [5, 5.41) is 1.29. The van der Waals surface area contributed by atoms with Crippen LogP contribution in [0.3, 0.4) is 0 Å². The smallest absolute Gasteiger partial charge is 0.309 e. The highest BCUT2D eigenvalue weighted by molar-refractivity contribution is 6.13. The molecule has 12 aromatic rings. The van der Waals surface area contributed by atoms with Gasteiger partial charge in [0.25, 0.3) is 0 Å². The third-order valence-electron chi connectivity index (χ3n) is 15.1. The number of halogens is 18. The lowest BCUT2D eigenvalue weighted by Gasteiger charge is -2.20. The van der Waals surface area contributed by atoms with Crippen LogP contribution >= 0.6 is 0 Å². The number of rotatable bonds is 7. The molecule has 0 amide bonds. The van der Waals surface area contributed by atoms with Crippen molar-refractivity contribution in [2.24, 2.45) is 0 Å². The second-order valence-corrected chi connectivity index (χ2v) is 20.4. The van der Waals surface area contributed by atoms with Gasteiger partial charge in [0.05, 0.1) is 66.8 Å². The van der Waals surface area contributed by atoms with Crippen LogP contribution in [0.5, 0.6) is 0 Å². The Kier molecular flexibility index (Phi) is 13.3. The fraction of sp³-hybridized carbons (Fsp3) is 0.0909. The molecule has 20 heteroatoms.